The lowest BCUT2D eigenvalue weighted by molar-refractivity contribution is 0.417. The fourth-order valence-corrected chi connectivity index (χ4v) is 2.03. The molecule has 1 heterocycles. The smallest absolute Gasteiger partial charge is 0.318 e. The zero-order valence-corrected chi connectivity index (χ0v) is 12.2. The average Bonchev–Trinajstić information content (AvgIpc) is 2.78. The summed E-state index contributed by atoms with van der Waals surface area (Å²) in [7, 11) is 0. The first-order valence-corrected chi connectivity index (χ1v) is 6.85. The second-order valence-corrected chi connectivity index (χ2v) is 5.23. The van der Waals surface area contributed by atoms with E-state index in [1.54, 1.807) is 0 Å². The summed E-state index contributed by atoms with van der Waals surface area (Å²) < 4.78 is 5.67. The van der Waals surface area contributed by atoms with E-state index in [9.17, 15) is 0 Å². The molecule has 18 heavy (non-hydrogen) atoms. The van der Waals surface area contributed by atoms with Crippen LogP contribution >= 0.6 is 0 Å². The molecule has 0 radical (unpaired) electrons. The van der Waals surface area contributed by atoms with Gasteiger partial charge in [0.05, 0.1) is 6.04 Å². The van der Waals surface area contributed by atoms with Gasteiger partial charge in [0.2, 0.25) is 5.89 Å². The van der Waals surface area contributed by atoms with Crippen molar-refractivity contribution >= 4 is 6.01 Å². The number of aromatic nitrogens is 2. The first kappa shape index (κ1) is 15.0. The van der Waals surface area contributed by atoms with Crippen molar-refractivity contribution in [1.29, 1.82) is 0 Å². The fraction of sp³-hybridized carbons (Fsp3) is 0.846. The van der Waals surface area contributed by atoms with Crippen molar-refractivity contribution in [2.24, 2.45) is 11.7 Å². The lowest BCUT2D eigenvalue weighted by Gasteiger charge is -2.30. The largest absolute Gasteiger partial charge is 0.406 e. The number of hydrogen-bond acceptors (Lipinski definition) is 5. The summed E-state index contributed by atoms with van der Waals surface area (Å²) in [5.74, 6) is 1.06. The van der Waals surface area contributed by atoms with Gasteiger partial charge in [-0.2, -0.15) is 0 Å². The topological polar surface area (TPSA) is 68.2 Å². The van der Waals surface area contributed by atoms with Crippen LogP contribution in [0.2, 0.25) is 0 Å². The zero-order chi connectivity index (χ0) is 13.7. The maximum absolute atomic E-state index is 5.75. The third-order valence-electron chi connectivity index (χ3n) is 3.01. The molecule has 5 heteroatoms. The number of anilines is 1. The highest BCUT2D eigenvalue weighted by atomic mass is 16.4. The van der Waals surface area contributed by atoms with Gasteiger partial charge in [-0.15, -0.1) is 5.10 Å². The normalized spacial score (nSPS) is 13.3. The summed E-state index contributed by atoms with van der Waals surface area (Å²) in [5, 5.41) is 8.15. The van der Waals surface area contributed by atoms with E-state index < -0.39 is 0 Å². The van der Waals surface area contributed by atoms with Crippen molar-refractivity contribution in [3.05, 3.63) is 5.89 Å². The van der Waals surface area contributed by atoms with Crippen LogP contribution < -0.4 is 10.6 Å². The van der Waals surface area contributed by atoms with Gasteiger partial charge in [-0.3, -0.25) is 0 Å². The predicted octanol–water partition coefficient (Wildman–Crippen LogP) is 2.74. The van der Waals surface area contributed by atoms with E-state index in [4.69, 9.17) is 10.2 Å². The van der Waals surface area contributed by atoms with Crippen LogP contribution in [0.4, 0.5) is 6.01 Å². The Hall–Kier alpha value is -1.10. The second kappa shape index (κ2) is 6.73. The standard InChI is InChI=1S/C13H26N4O/c1-6-11(7-2)17(8-9(3)4)13-16-15-12(18-13)10(5)14/h9-11H,6-8,14H2,1-5H3. The fourth-order valence-electron chi connectivity index (χ4n) is 2.03. The van der Waals surface area contributed by atoms with E-state index in [0.717, 1.165) is 19.4 Å². The molecule has 0 bridgehead atoms. The summed E-state index contributed by atoms with van der Waals surface area (Å²) in [6.45, 7) is 11.5. The van der Waals surface area contributed by atoms with Crippen LogP contribution in [-0.2, 0) is 0 Å². The first-order valence-electron chi connectivity index (χ1n) is 6.85. The van der Waals surface area contributed by atoms with Crippen molar-refractivity contribution in [3.8, 4) is 0 Å². The summed E-state index contributed by atoms with van der Waals surface area (Å²) in [6, 6.07) is 0.826. The van der Waals surface area contributed by atoms with Gasteiger partial charge in [-0.1, -0.05) is 32.8 Å². The van der Waals surface area contributed by atoms with Crippen LogP contribution in [0.1, 0.15) is 59.4 Å². The third kappa shape index (κ3) is 3.70. The monoisotopic (exact) mass is 254 g/mol. The summed E-state index contributed by atoms with van der Waals surface area (Å²) in [6.07, 6.45) is 2.14. The first-order chi connectivity index (χ1) is 8.49. The Morgan fingerprint density at radius 1 is 1.17 bits per heavy atom. The molecule has 1 unspecified atom stereocenters. The molecule has 0 spiro atoms. The third-order valence-corrected chi connectivity index (χ3v) is 3.01. The number of nitrogens with zero attached hydrogens (tertiary/aromatic N) is 3. The molecule has 1 rings (SSSR count). The van der Waals surface area contributed by atoms with E-state index in [0.29, 0.717) is 23.9 Å². The van der Waals surface area contributed by atoms with Crippen LogP contribution in [0.15, 0.2) is 4.42 Å². The Morgan fingerprint density at radius 2 is 1.78 bits per heavy atom. The maximum atomic E-state index is 5.75. The maximum Gasteiger partial charge on any atom is 0.318 e. The number of hydrogen-bond donors (Lipinski definition) is 1. The molecule has 0 aliphatic carbocycles. The molecule has 1 atom stereocenters. The molecule has 104 valence electrons. The predicted molar refractivity (Wildman–Crippen MR) is 73.5 cm³/mol. The van der Waals surface area contributed by atoms with Gasteiger partial charge in [0.15, 0.2) is 0 Å². The Morgan fingerprint density at radius 3 is 2.17 bits per heavy atom. The molecule has 0 saturated heterocycles. The van der Waals surface area contributed by atoms with Crippen molar-refractivity contribution in [1.82, 2.24) is 10.2 Å². The van der Waals surface area contributed by atoms with E-state index in [1.807, 2.05) is 6.92 Å². The Kier molecular flexibility index (Phi) is 5.59. The molecule has 0 aliphatic heterocycles. The zero-order valence-electron chi connectivity index (χ0n) is 12.2. The summed E-state index contributed by atoms with van der Waals surface area (Å²) in [4.78, 5) is 2.21. The Labute approximate surface area is 110 Å². The minimum Gasteiger partial charge on any atom is -0.406 e. The van der Waals surface area contributed by atoms with Gasteiger partial charge in [-0.25, -0.2) is 0 Å². The quantitative estimate of drug-likeness (QED) is 0.810. The molecule has 5 nitrogen and oxygen atoms in total. The average molecular weight is 254 g/mol. The van der Waals surface area contributed by atoms with Gasteiger partial charge in [0.25, 0.3) is 0 Å². The Balaban J connectivity index is 2.93. The summed E-state index contributed by atoms with van der Waals surface area (Å²) in [5.41, 5.74) is 5.75. The van der Waals surface area contributed by atoms with Gasteiger partial charge in [0, 0.05) is 12.6 Å². The van der Waals surface area contributed by atoms with Crippen LogP contribution in [0, 0.1) is 5.92 Å². The molecule has 0 amide bonds. The summed E-state index contributed by atoms with van der Waals surface area (Å²) >= 11 is 0. The van der Waals surface area contributed by atoms with Crippen LogP contribution in [0.5, 0.6) is 0 Å². The molecular formula is C13H26N4O. The van der Waals surface area contributed by atoms with Gasteiger partial charge >= 0.3 is 6.01 Å². The highest BCUT2D eigenvalue weighted by molar-refractivity contribution is 5.26. The van der Waals surface area contributed by atoms with Crippen molar-refractivity contribution < 1.29 is 4.42 Å². The lowest BCUT2D eigenvalue weighted by atomic mass is 10.1. The van der Waals surface area contributed by atoms with Crippen LogP contribution in [0.25, 0.3) is 0 Å². The molecule has 1 aromatic rings. The van der Waals surface area contributed by atoms with E-state index in [2.05, 4.69) is 42.8 Å². The molecule has 2 N–H and O–H groups in total. The lowest BCUT2D eigenvalue weighted by Crippen LogP contribution is -2.37. The van der Waals surface area contributed by atoms with E-state index in [1.165, 1.54) is 0 Å². The molecule has 0 saturated carbocycles. The van der Waals surface area contributed by atoms with Crippen molar-refractivity contribution in [3.63, 3.8) is 0 Å². The SMILES string of the molecule is CCC(CC)N(CC(C)C)c1nnc(C(C)N)o1. The second-order valence-electron chi connectivity index (χ2n) is 5.23. The number of rotatable bonds is 7. The van der Waals surface area contributed by atoms with Crippen LogP contribution in [-0.4, -0.2) is 22.8 Å². The number of nitrogens with two attached hydrogens (primary N) is 1. The van der Waals surface area contributed by atoms with Crippen LogP contribution in [0.3, 0.4) is 0 Å². The molecule has 0 aromatic carbocycles. The van der Waals surface area contributed by atoms with Crippen molar-refractivity contribution in [2.75, 3.05) is 11.4 Å². The highest BCUT2D eigenvalue weighted by Crippen LogP contribution is 2.22. The van der Waals surface area contributed by atoms with E-state index >= 15 is 0 Å². The highest BCUT2D eigenvalue weighted by Gasteiger charge is 2.22. The minimum absolute atomic E-state index is 0.214. The van der Waals surface area contributed by atoms with Gasteiger partial charge in [-0.05, 0) is 25.7 Å². The van der Waals surface area contributed by atoms with Gasteiger partial charge in [0.1, 0.15) is 0 Å². The minimum atomic E-state index is -0.214. The Bertz CT molecular complexity index is 345. The van der Waals surface area contributed by atoms with Gasteiger partial charge < -0.3 is 15.1 Å². The molecule has 1 aromatic heterocycles. The molecule has 0 aliphatic rings. The molecular weight excluding hydrogens is 228 g/mol. The van der Waals surface area contributed by atoms with Crippen molar-refractivity contribution in [2.45, 2.75) is 59.5 Å². The molecule has 0 fully saturated rings. The van der Waals surface area contributed by atoms with E-state index in [-0.39, 0.29) is 6.04 Å².